The van der Waals surface area contributed by atoms with Gasteiger partial charge in [0.05, 0.1) is 27.8 Å². The van der Waals surface area contributed by atoms with Crippen LogP contribution in [-0.4, -0.2) is 24.1 Å². The van der Waals surface area contributed by atoms with Crippen LogP contribution in [0, 0.1) is 0 Å². The van der Waals surface area contributed by atoms with Crippen molar-refractivity contribution in [2.24, 2.45) is 0 Å². The zero-order valence-corrected chi connectivity index (χ0v) is 42.6. The number of aromatic nitrogens is 5. The van der Waals surface area contributed by atoms with E-state index in [1.54, 1.807) is 0 Å². The lowest BCUT2D eigenvalue weighted by Gasteiger charge is -2.22. The Morgan fingerprint density at radius 1 is 0.286 bits per heavy atom. The number of nitrogens with zero attached hydrogens (tertiary/aromatic N) is 5. The van der Waals surface area contributed by atoms with Crippen molar-refractivity contribution in [1.29, 1.82) is 0 Å². The normalized spacial score (nSPS) is 12.6. The number of para-hydroxylation sites is 3. The molecule has 0 N–H and O–H groups in total. The summed E-state index contributed by atoms with van der Waals surface area (Å²) in [5.41, 5.74) is 21.2. The molecule has 5 nitrogen and oxygen atoms in total. The molecule has 11 aromatic carbocycles. The Kier molecular flexibility index (Phi) is 10.2. The number of hydrogen-bond acceptors (Lipinski definition) is 3. The summed E-state index contributed by atoms with van der Waals surface area (Å²) < 4.78 is 4.84. The van der Waals surface area contributed by atoms with Crippen molar-refractivity contribution in [3.05, 3.63) is 272 Å². The molecule has 0 saturated heterocycles. The number of rotatable bonds is 8. The summed E-state index contributed by atoms with van der Waals surface area (Å²) in [6, 6.07) is 93.9. The third-order valence-corrected chi connectivity index (χ3v) is 16.0. The molecule has 1 aliphatic carbocycles. The first-order valence-electron chi connectivity index (χ1n) is 26.4. The first-order chi connectivity index (χ1) is 38.0. The summed E-state index contributed by atoms with van der Waals surface area (Å²) in [6.45, 7) is 4.64. The predicted octanol–water partition coefficient (Wildman–Crippen LogP) is 18.4. The van der Waals surface area contributed by atoms with Crippen molar-refractivity contribution in [3.8, 4) is 90.0 Å². The quantitative estimate of drug-likeness (QED) is 0.152. The molecule has 0 atom stereocenters. The third kappa shape index (κ3) is 7.12. The van der Waals surface area contributed by atoms with Crippen LogP contribution in [-0.2, 0) is 5.41 Å². The van der Waals surface area contributed by atoms with E-state index in [4.69, 9.17) is 15.0 Å². The molecule has 0 saturated carbocycles. The maximum Gasteiger partial charge on any atom is 0.166 e. The average molecular weight is 984 g/mol. The molecule has 3 heterocycles. The van der Waals surface area contributed by atoms with Crippen LogP contribution in [0.2, 0.25) is 0 Å². The van der Waals surface area contributed by atoms with Crippen molar-refractivity contribution in [2.45, 2.75) is 19.3 Å². The average Bonchev–Trinajstić information content (AvgIpc) is 4.28. The van der Waals surface area contributed by atoms with Gasteiger partial charge in [-0.3, -0.25) is 0 Å². The van der Waals surface area contributed by atoms with Gasteiger partial charge >= 0.3 is 0 Å². The lowest BCUT2D eigenvalue weighted by molar-refractivity contribution is 0.660. The minimum absolute atomic E-state index is 0.199. The van der Waals surface area contributed by atoms with Gasteiger partial charge in [-0.1, -0.05) is 214 Å². The lowest BCUT2D eigenvalue weighted by Crippen LogP contribution is -2.15. The number of hydrogen-bond donors (Lipinski definition) is 0. The molecular formula is C72H49N5. The van der Waals surface area contributed by atoms with Crippen LogP contribution in [0.25, 0.3) is 134 Å². The van der Waals surface area contributed by atoms with Crippen molar-refractivity contribution in [1.82, 2.24) is 24.1 Å². The SMILES string of the molecule is CC1(C)c2ccccc2-c2ccc(-c3nc(-c4cccc(-c5ccccc5)c4)nc(-c4ccccc4-n4c5cc(-c6ccccc6)ccc5c5c(-c6cccc7c6c6ccccc6n7-c6ccccc6)cccc54)n3)cc21. The smallest absolute Gasteiger partial charge is 0.166 e. The topological polar surface area (TPSA) is 48.5 Å². The Bertz CT molecular complexity index is 4640. The van der Waals surface area contributed by atoms with Gasteiger partial charge in [0, 0.05) is 49.3 Å². The molecule has 0 spiro atoms. The van der Waals surface area contributed by atoms with Crippen LogP contribution in [0.4, 0.5) is 0 Å². The van der Waals surface area contributed by atoms with Gasteiger partial charge in [-0.05, 0) is 116 Å². The van der Waals surface area contributed by atoms with Crippen LogP contribution in [0.1, 0.15) is 25.0 Å². The summed E-state index contributed by atoms with van der Waals surface area (Å²) in [7, 11) is 0. The summed E-state index contributed by atoms with van der Waals surface area (Å²) in [5.74, 6) is 1.83. The van der Waals surface area contributed by atoms with E-state index in [1.165, 1.54) is 60.6 Å². The van der Waals surface area contributed by atoms with Gasteiger partial charge in [0.25, 0.3) is 0 Å². The molecule has 77 heavy (non-hydrogen) atoms. The van der Waals surface area contributed by atoms with E-state index >= 15 is 0 Å². The van der Waals surface area contributed by atoms with E-state index < -0.39 is 0 Å². The lowest BCUT2D eigenvalue weighted by atomic mass is 9.82. The molecule has 0 unspecified atom stereocenters. The largest absolute Gasteiger partial charge is 0.309 e. The second-order valence-corrected chi connectivity index (χ2v) is 20.7. The van der Waals surface area contributed by atoms with Gasteiger partial charge < -0.3 is 9.13 Å². The molecule has 0 fully saturated rings. The zero-order valence-electron chi connectivity index (χ0n) is 42.6. The first kappa shape index (κ1) is 44.5. The summed E-state index contributed by atoms with van der Waals surface area (Å²) in [4.78, 5) is 16.4. The van der Waals surface area contributed by atoms with Crippen LogP contribution in [0.3, 0.4) is 0 Å². The van der Waals surface area contributed by atoms with E-state index in [2.05, 4.69) is 284 Å². The van der Waals surface area contributed by atoms with Crippen molar-refractivity contribution in [2.75, 3.05) is 0 Å². The molecule has 1 aliphatic rings. The summed E-state index contributed by atoms with van der Waals surface area (Å²) >= 11 is 0. The van der Waals surface area contributed by atoms with Gasteiger partial charge in [-0.2, -0.15) is 0 Å². The van der Waals surface area contributed by atoms with Crippen molar-refractivity contribution < 1.29 is 0 Å². The molecule has 0 amide bonds. The van der Waals surface area contributed by atoms with E-state index in [9.17, 15) is 0 Å². The Balaban J connectivity index is 0.981. The van der Waals surface area contributed by atoms with Crippen LogP contribution in [0.5, 0.6) is 0 Å². The van der Waals surface area contributed by atoms with Gasteiger partial charge in [0.1, 0.15) is 0 Å². The fourth-order valence-corrected chi connectivity index (χ4v) is 12.4. The minimum Gasteiger partial charge on any atom is -0.309 e. The van der Waals surface area contributed by atoms with Crippen molar-refractivity contribution in [3.63, 3.8) is 0 Å². The highest BCUT2D eigenvalue weighted by atomic mass is 15.1. The maximum absolute atomic E-state index is 5.52. The molecule has 0 radical (unpaired) electrons. The second kappa shape index (κ2) is 17.6. The predicted molar refractivity (Wildman–Crippen MR) is 319 cm³/mol. The van der Waals surface area contributed by atoms with Crippen LogP contribution < -0.4 is 0 Å². The van der Waals surface area contributed by atoms with Crippen LogP contribution in [0.15, 0.2) is 261 Å². The zero-order chi connectivity index (χ0) is 51.2. The van der Waals surface area contributed by atoms with Gasteiger partial charge in [-0.25, -0.2) is 15.0 Å². The van der Waals surface area contributed by atoms with Crippen LogP contribution >= 0.6 is 0 Å². The number of fused-ring (bicyclic) bond motifs is 9. The second-order valence-electron chi connectivity index (χ2n) is 20.7. The molecule has 362 valence electrons. The highest BCUT2D eigenvalue weighted by Gasteiger charge is 2.35. The van der Waals surface area contributed by atoms with Gasteiger partial charge in [-0.15, -0.1) is 0 Å². The maximum atomic E-state index is 5.52. The molecule has 3 aromatic heterocycles. The highest BCUT2D eigenvalue weighted by Crippen LogP contribution is 2.50. The first-order valence-corrected chi connectivity index (χ1v) is 26.4. The third-order valence-electron chi connectivity index (χ3n) is 16.0. The van der Waals surface area contributed by atoms with E-state index in [-0.39, 0.29) is 5.41 Å². The fraction of sp³-hybridized carbons (Fsp3) is 0.0417. The molecule has 14 aromatic rings. The summed E-state index contributed by atoms with van der Waals surface area (Å²) in [6.07, 6.45) is 0. The standard InChI is InChI=1S/C72H49N5/c1-72(2)60-34-15-12-29-53(60)54-41-40-51(44-61(54)72)70-73-69(50-26-18-25-48(43-50)46-21-6-3-7-22-46)74-71(75-70)59-31-14-17-36-63(59)77-65-38-20-33-56(68(65)58-42-39-49(45-66(58)77)47-23-8-4-9-24-47)55-32-19-37-64-67(55)57-30-13-16-35-62(57)76(64)52-27-10-5-11-28-52/h3-45H,1-2H3. The van der Waals surface area contributed by atoms with Gasteiger partial charge in [0.15, 0.2) is 17.5 Å². The molecular weight excluding hydrogens is 935 g/mol. The Labute approximate surface area is 446 Å². The van der Waals surface area contributed by atoms with E-state index in [0.717, 1.165) is 66.7 Å². The molecule has 15 rings (SSSR count). The minimum atomic E-state index is -0.199. The molecule has 0 aliphatic heterocycles. The highest BCUT2D eigenvalue weighted by molar-refractivity contribution is 6.22. The fourth-order valence-electron chi connectivity index (χ4n) is 12.4. The molecule has 5 heteroatoms. The van der Waals surface area contributed by atoms with Crippen molar-refractivity contribution >= 4 is 43.6 Å². The molecule has 0 bridgehead atoms. The number of benzene rings is 11. The monoisotopic (exact) mass is 983 g/mol. The Hall–Kier alpha value is -9.97. The Morgan fingerprint density at radius 2 is 0.766 bits per heavy atom. The summed E-state index contributed by atoms with van der Waals surface area (Å²) in [5, 5.41) is 4.77. The van der Waals surface area contributed by atoms with E-state index in [0.29, 0.717) is 17.5 Å². The van der Waals surface area contributed by atoms with Gasteiger partial charge in [0.2, 0.25) is 0 Å². The van der Waals surface area contributed by atoms with E-state index in [1.807, 2.05) is 0 Å². The Morgan fingerprint density at radius 3 is 1.49 bits per heavy atom.